The molecule has 28 heavy (non-hydrogen) atoms. The van der Waals surface area contributed by atoms with Crippen molar-refractivity contribution in [2.45, 2.75) is 56.9 Å². The fourth-order valence-corrected chi connectivity index (χ4v) is 5.72. The Kier molecular flexibility index (Phi) is 3.86. The molecule has 3 atom stereocenters. The van der Waals surface area contributed by atoms with Gasteiger partial charge in [0.2, 0.25) is 0 Å². The molecular formula is C23H25F3N2. The molecule has 2 nitrogen and oxygen atoms in total. The second-order valence-electron chi connectivity index (χ2n) is 9.06. The summed E-state index contributed by atoms with van der Waals surface area (Å²) in [6.07, 6.45) is -2.31. The lowest BCUT2D eigenvalue weighted by Gasteiger charge is -2.56. The molecule has 0 unspecified atom stereocenters. The first-order chi connectivity index (χ1) is 13.2. The Labute approximate surface area is 163 Å². The summed E-state index contributed by atoms with van der Waals surface area (Å²) in [6.45, 7) is 6.21. The molecule has 0 aromatic heterocycles. The maximum atomic E-state index is 13.3. The number of rotatable bonds is 0. The lowest BCUT2D eigenvalue weighted by atomic mass is 9.62. The number of fused-ring (bicyclic) bond motifs is 5. The Bertz CT molecular complexity index is 918. The molecule has 1 saturated heterocycles. The molecule has 148 valence electrons. The van der Waals surface area contributed by atoms with Crippen LogP contribution < -0.4 is 5.32 Å². The molecule has 1 N–H and O–H groups in total. The largest absolute Gasteiger partial charge is 0.416 e. The summed E-state index contributed by atoms with van der Waals surface area (Å²) in [5.41, 5.74) is 3.62. The first-order valence-corrected chi connectivity index (χ1v) is 10.0. The van der Waals surface area contributed by atoms with E-state index in [1.165, 1.54) is 23.3 Å². The van der Waals surface area contributed by atoms with Crippen LogP contribution in [0.4, 0.5) is 18.9 Å². The zero-order valence-electron chi connectivity index (χ0n) is 16.2. The lowest BCUT2D eigenvalue weighted by molar-refractivity contribution is -0.137. The third-order valence-electron chi connectivity index (χ3n) is 7.26. The minimum atomic E-state index is -4.31. The van der Waals surface area contributed by atoms with Gasteiger partial charge in [0.25, 0.3) is 0 Å². The molecule has 5 heteroatoms. The molecule has 2 aromatic carbocycles. The van der Waals surface area contributed by atoms with Gasteiger partial charge in [-0.1, -0.05) is 38.1 Å². The maximum absolute atomic E-state index is 13.3. The normalized spacial score (nSPS) is 28.4. The number of benzene rings is 2. The van der Waals surface area contributed by atoms with E-state index in [9.17, 15) is 13.2 Å². The van der Waals surface area contributed by atoms with Gasteiger partial charge in [-0.2, -0.15) is 13.2 Å². The van der Waals surface area contributed by atoms with Crippen LogP contribution in [-0.2, 0) is 24.6 Å². The van der Waals surface area contributed by atoms with Crippen molar-refractivity contribution in [2.24, 2.45) is 5.92 Å². The van der Waals surface area contributed by atoms with Gasteiger partial charge >= 0.3 is 6.18 Å². The zero-order valence-corrected chi connectivity index (χ0v) is 16.2. The summed E-state index contributed by atoms with van der Waals surface area (Å²) in [7, 11) is 0. The molecular weight excluding hydrogens is 361 g/mol. The van der Waals surface area contributed by atoms with Gasteiger partial charge in [-0.05, 0) is 65.6 Å². The number of hydrogen-bond donors (Lipinski definition) is 1. The highest BCUT2D eigenvalue weighted by Crippen LogP contribution is 2.50. The number of anilines is 1. The molecule has 0 aliphatic carbocycles. The molecule has 0 bridgehead atoms. The van der Waals surface area contributed by atoms with E-state index < -0.39 is 11.7 Å². The molecule has 3 aliphatic rings. The lowest BCUT2D eigenvalue weighted by Crippen LogP contribution is -2.62. The quantitative estimate of drug-likeness (QED) is 0.667. The van der Waals surface area contributed by atoms with Crippen LogP contribution in [0, 0.1) is 5.92 Å². The van der Waals surface area contributed by atoms with E-state index in [2.05, 4.69) is 48.3 Å². The average molecular weight is 386 g/mol. The first kappa shape index (κ1) is 18.0. The Morgan fingerprint density at radius 2 is 1.82 bits per heavy atom. The van der Waals surface area contributed by atoms with Crippen molar-refractivity contribution in [1.82, 2.24) is 4.90 Å². The van der Waals surface area contributed by atoms with Crippen molar-refractivity contribution in [3.05, 3.63) is 64.7 Å². The van der Waals surface area contributed by atoms with E-state index in [-0.39, 0.29) is 11.5 Å². The predicted molar refractivity (Wildman–Crippen MR) is 104 cm³/mol. The standard InChI is InChI=1S/C23H25F3N2/c1-22(2)17-9-10-28-13-15-6-4-3-5-14(15)11-20(28)21(17)27-19-8-7-16(12-18(19)22)23(24,25)26/h3-8,12,17,20-21,27H,9-11,13H2,1-2H3/t17-,20-,21-/m0/s1. The van der Waals surface area contributed by atoms with Gasteiger partial charge in [0.1, 0.15) is 0 Å². The van der Waals surface area contributed by atoms with Crippen LogP contribution in [0.15, 0.2) is 42.5 Å². The number of piperidine rings is 1. The van der Waals surface area contributed by atoms with E-state index in [0.717, 1.165) is 37.2 Å². The SMILES string of the molecule is CC1(C)c2cc(C(F)(F)F)ccc2N[C@@H]2[C@@H]3Cc4ccccc4CN3CC[C@@H]21. The summed E-state index contributed by atoms with van der Waals surface area (Å²) in [4.78, 5) is 2.56. The van der Waals surface area contributed by atoms with Gasteiger partial charge in [0, 0.05) is 24.3 Å². The van der Waals surface area contributed by atoms with E-state index in [4.69, 9.17) is 0 Å². The van der Waals surface area contributed by atoms with E-state index >= 15 is 0 Å². The molecule has 0 saturated carbocycles. The summed E-state index contributed by atoms with van der Waals surface area (Å²) in [6, 6.07) is 13.5. The monoisotopic (exact) mass is 386 g/mol. The van der Waals surface area contributed by atoms with Crippen LogP contribution in [0.25, 0.3) is 0 Å². The second-order valence-corrected chi connectivity index (χ2v) is 9.06. The Hall–Kier alpha value is -2.01. The minimum Gasteiger partial charge on any atom is -0.380 e. The molecule has 0 spiro atoms. The third-order valence-corrected chi connectivity index (χ3v) is 7.26. The smallest absolute Gasteiger partial charge is 0.380 e. The summed E-state index contributed by atoms with van der Waals surface area (Å²) in [5, 5.41) is 3.65. The van der Waals surface area contributed by atoms with Crippen LogP contribution in [-0.4, -0.2) is 23.5 Å². The van der Waals surface area contributed by atoms with Crippen LogP contribution in [0.5, 0.6) is 0 Å². The Morgan fingerprint density at radius 1 is 1.07 bits per heavy atom. The Morgan fingerprint density at radius 3 is 2.57 bits per heavy atom. The number of nitrogens with zero attached hydrogens (tertiary/aromatic N) is 1. The second kappa shape index (κ2) is 5.99. The van der Waals surface area contributed by atoms with Gasteiger partial charge in [0.15, 0.2) is 0 Å². The van der Waals surface area contributed by atoms with E-state index in [1.807, 2.05) is 0 Å². The van der Waals surface area contributed by atoms with Crippen LogP contribution >= 0.6 is 0 Å². The minimum absolute atomic E-state index is 0.251. The number of halogens is 3. The van der Waals surface area contributed by atoms with Crippen molar-refractivity contribution in [1.29, 1.82) is 0 Å². The van der Waals surface area contributed by atoms with Crippen molar-refractivity contribution >= 4 is 5.69 Å². The van der Waals surface area contributed by atoms with Crippen molar-refractivity contribution < 1.29 is 13.2 Å². The van der Waals surface area contributed by atoms with Gasteiger partial charge in [-0.25, -0.2) is 0 Å². The van der Waals surface area contributed by atoms with Gasteiger partial charge in [-0.3, -0.25) is 4.90 Å². The molecule has 3 aliphatic heterocycles. The Balaban J connectivity index is 1.54. The fraction of sp³-hybridized carbons (Fsp3) is 0.478. The highest BCUT2D eigenvalue weighted by molar-refractivity contribution is 5.60. The maximum Gasteiger partial charge on any atom is 0.416 e. The van der Waals surface area contributed by atoms with E-state index in [1.54, 1.807) is 6.07 Å². The topological polar surface area (TPSA) is 15.3 Å². The van der Waals surface area contributed by atoms with Crippen molar-refractivity contribution in [2.75, 3.05) is 11.9 Å². The predicted octanol–water partition coefficient (Wildman–Crippen LogP) is 5.22. The van der Waals surface area contributed by atoms with Gasteiger partial charge < -0.3 is 5.32 Å². The summed E-state index contributed by atoms with van der Waals surface area (Å²) in [5.74, 6) is 0.315. The number of alkyl halides is 3. The molecule has 1 fully saturated rings. The number of nitrogens with one attached hydrogen (secondary N) is 1. The van der Waals surface area contributed by atoms with Gasteiger partial charge in [0.05, 0.1) is 5.56 Å². The molecule has 2 aromatic rings. The third kappa shape index (κ3) is 2.66. The summed E-state index contributed by atoms with van der Waals surface area (Å²) >= 11 is 0. The average Bonchev–Trinajstić information content (AvgIpc) is 2.65. The highest BCUT2D eigenvalue weighted by Gasteiger charge is 2.50. The van der Waals surface area contributed by atoms with Crippen molar-refractivity contribution in [3.8, 4) is 0 Å². The van der Waals surface area contributed by atoms with Crippen LogP contribution in [0.3, 0.4) is 0 Å². The molecule has 0 amide bonds. The van der Waals surface area contributed by atoms with Crippen molar-refractivity contribution in [3.63, 3.8) is 0 Å². The fourth-order valence-electron chi connectivity index (χ4n) is 5.72. The zero-order chi connectivity index (χ0) is 19.7. The van der Waals surface area contributed by atoms with Gasteiger partial charge in [-0.15, -0.1) is 0 Å². The van der Waals surface area contributed by atoms with Crippen LogP contribution in [0.2, 0.25) is 0 Å². The molecule has 5 rings (SSSR count). The highest BCUT2D eigenvalue weighted by atomic mass is 19.4. The first-order valence-electron chi connectivity index (χ1n) is 10.0. The number of hydrogen-bond acceptors (Lipinski definition) is 2. The molecule has 3 heterocycles. The summed E-state index contributed by atoms with van der Waals surface area (Å²) < 4.78 is 39.8. The van der Waals surface area contributed by atoms with Crippen LogP contribution in [0.1, 0.15) is 42.5 Å². The molecule has 0 radical (unpaired) electrons. The van der Waals surface area contributed by atoms with E-state index in [0.29, 0.717) is 12.0 Å².